The van der Waals surface area contributed by atoms with E-state index >= 15 is 0 Å². The first-order chi connectivity index (χ1) is 9.08. The molecule has 0 amide bonds. The molecule has 3 nitrogen and oxygen atoms in total. The molecule has 0 bridgehead atoms. The van der Waals surface area contributed by atoms with E-state index in [1.165, 1.54) is 17.5 Å². The zero-order chi connectivity index (χ0) is 13.8. The van der Waals surface area contributed by atoms with E-state index in [0.717, 1.165) is 31.5 Å². The molecule has 1 fully saturated rings. The summed E-state index contributed by atoms with van der Waals surface area (Å²) in [6.07, 6.45) is 4.09. The number of aliphatic carboxylic acids is 1. The molecule has 1 aliphatic heterocycles. The van der Waals surface area contributed by atoms with Gasteiger partial charge in [0.05, 0.1) is 0 Å². The molecule has 1 atom stereocenters. The van der Waals surface area contributed by atoms with E-state index in [1.54, 1.807) is 0 Å². The highest BCUT2D eigenvalue weighted by atomic mass is 16.4. The molecule has 1 heterocycles. The highest BCUT2D eigenvalue weighted by molar-refractivity contribution is 5.74. The summed E-state index contributed by atoms with van der Waals surface area (Å²) in [6.45, 7) is 5.95. The number of hydrogen-bond donors (Lipinski definition) is 1. The van der Waals surface area contributed by atoms with Crippen LogP contribution < -0.4 is 0 Å². The third kappa shape index (κ3) is 3.57. The standard InChI is InChI=1S/C16H23NO2/c1-12-6-7-13(2)14(10-12)11-15(16(18)19)17-8-4-3-5-9-17/h6-7,10,15H,3-5,8-9,11H2,1-2H3,(H,18,19). The molecule has 0 spiro atoms. The van der Waals surface area contributed by atoms with Gasteiger partial charge in [-0.1, -0.05) is 30.2 Å². The van der Waals surface area contributed by atoms with Crippen molar-refractivity contribution >= 4 is 5.97 Å². The number of hydrogen-bond acceptors (Lipinski definition) is 2. The maximum absolute atomic E-state index is 11.6. The van der Waals surface area contributed by atoms with E-state index in [1.807, 2.05) is 0 Å². The monoisotopic (exact) mass is 261 g/mol. The van der Waals surface area contributed by atoms with Crippen molar-refractivity contribution in [1.29, 1.82) is 0 Å². The van der Waals surface area contributed by atoms with Gasteiger partial charge in [-0.15, -0.1) is 0 Å². The molecule has 1 aromatic rings. The minimum atomic E-state index is -0.692. The van der Waals surface area contributed by atoms with Crippen LogP contribution in [-0.2, 0) is 11.2 Å². The first-order valence-electron chi connectivity index (χ1n) is 7.11. The Labute approximate surface area is 115 Å². The lowest BCUT2D eigenvalue weighted by Gasteiger charge is -2.32. The molecule has 1 aliphatic rings. The van der Waals surface area contributed by atoms with Crippen molar-refractivity contribution in [3.63, 3.8) is 0 Å². The zero-order valence-corrected chi connectivity index (χ0v) is 11.9. The number of carboxylic acids is 1. The Morgan fingerprint density at radius 2 is 1.95 bits per heavy atom. The van der Waals surface area contributed by atoms with Crippen molar-refractivity contribution in [1.82, 2.24) is 4.90 Å². The Morgan fingerprint density at radius 3 is 2.58 bits per heavy atom. The fourth-order valence-corrected chi connectivity index (χ4v) is 2.83. The van der Waals surface area contributed by atoms with Crippen LogP contribution in [-0.4, -0.2) is 35.1 Å². The normalized spacial score (nSPS) is 18.2. The van der Waals surface area contributed by atoms with Crippen molar-refractivity contribution in [2.24, 2.45) is 0 Å². The molecule has 0 aliphatic carbocycles. The predicted molar refractivity (Wildman–Crippen MR) is 76.5 cm³/mol. The second-order valence-electron chi connectivity index (χ2n) is 5.58. The fourth-order valence-electron chi connectivity index (χ4n) is 2.83. The smallest absolute Gasteiger partial charge is 0.321 e. The fraction of sp³-hybridized carbons (Fsp3) is 0.562. The molecule has 1 aromatic carbocycles. The molecule has 2 rings (SSSR count). The summed E-state index contributed by atoms with van der Waals surface area (Å²) in [5, 5.41) is 9.51. The number of nitrogens with zero attached hydrogens (tertiary/aromatic N) is 1. The van der Waals surface area contributed by atoms with Crippen LogP contribution in [0, 0.1) is 13.8 Å². The van der Waals surface area contributed by atoms with Gasteiger partial charge >= 0.3 is 5.97 Å². The number of carbonyl (C=O) groups is 1. The lowest BCUT2D eigenvalue weighted by molar-refractivity contribution is -0.143. The van der Waals surface area contributed by atoms with Gasteiger partial charge < -0.3 is 5.11 Å². The summed E-state index contributed by atoms with van der Waals surface area (Å²) < 4.78 is 0. The largest absolute Gasteiger partial charge is 0.480 e. The average molecular weight is 261 g/mol. The lowest BCUT2D eigenvalue weighted by Crippen LogP contribution is -2.45. The Bertz CT molecular complexity index is 450. The summed E-state index contributed by atoms with van der Waals surface area (Å²) in [6, 6.07) is 5.91. The maximum Gasteiger partial charge on any atom is 0.321 e. The molecule has 0 aromatic heterocycles. The molecule has 0 radical (unpaired) electrons. The SMILES string of the molecule is Cc1ccc(C)c(CC(C(=O)O)N2CCCCC2)c1. The number of rotatable bonds is 4. The number of aryl methyl sites for hydroxylation is 2. The van der Waals surface area contributed by atoms with Crippen molar-refractivity contribution in [3.8, 4) is 0 Å². The number of carboxylic acid groups (broad SMARTS) is 1. The highest BCUT2D eigenvalue weighted by Crippen LogP contribution is 2.19. The van der Waals surface area contributed by atoms with Crippen molar-refractivity contribution in [2.75, 3.05) is 13.1 Å². The van der Waals surface area contributed by atoms with Crippen molar-refractivity contribution < 1.29 is 9.90 Å². The second kappa shape index (κ2) is 6.20. The van der Waals surface area contributed by atoms with Crippen LogP contribution in [0.25, 0.3) is 0 Å². The quantitative estimate of drug-likeness (QED) is 0.906. The first-order valence-corrected chi connectivity index (χ1v) is 7.11. The molecule has 1 unspecified atom stereocenters. The minimum absolute atomic E-state index is 0.374. The predicted octanol–water partition coefficient (Wildman–Crippen LogP) is 2.79. The Morgan fingerprint density at radius 1 is 1.26 bits per heavy atom. The van der Waals surface area contributed by atoms with E-state index < -0.39 is 5.97 Å². The zero-order valence-electron chi connectivity index (χ0n) is 11.9. The summed E-state index contributed by atoms with van der Waals surface area (Å²) >= 11 is 0. The molecular weight excluding hydrogens is 238 g/mol. The minimum Gasteiger partial charge on any atom is -0.480 e. The van der Waals surface area contributed by atoms with Crippen LogP contribution in [0.15, 0.2) is 18.2 Å². The van der Waals surface area contributed by atoms with Crippen LogP contribution in [0.5, 0.6) is 0 Å². The van der Waals surface area contributed by atoms with Gasteiger partial charge in [0, 0.05) is 0 Å². The van der Waals surface area contributed by atoms with Gasteiger partial charge in [0.25, 0.3) is 0 Å². The third-order valence-corrected chi connectivity index (χ3v) is 4.03. The number of likely N-dealkylation sites (tertiary alicyclic amines) is 1. The number of piperidine rings is 1. The molecule has 1 saturated heterocycles. The van der Waals surface area contributed by atoms with Crippen molar-refractivity contribution in [3.05, 3.63) is 34.9 Å². The molecule has 1 N–H and O–H groups in total. The van der Waals surface area contributed by atoms with Gasteiger partial charge in [-0.3, -0.25) is 9.69 Å². The van der Waals surface area contributed by atoms with Crippen LogP contribution in [0.4, 0.5) is 0 Å². The van der Waals surface area contributed by atoms with Gasteiger partial charge in [0.2, 0.25) is 0 Å². The molecule has 19 heavy (non-hydrogen) atoms. The van der Waals surface area contributed by atoms with E-state index in [-0.39, 0.29) is 6.04 Å². The molecule has 3 heteroatoms. The Kier molecular flexibility index (Phi) is 4.59. The third-order valence-electron chi connectivity index (χ3n) is 4.03. The van der Waals surface area contributed by atoms with E-state index in [4.69, 9.17) is 0 Å². The lowest BCUT2D eigenvalue weighted by atomic mass is 9.97. The Balaban J connectivity index is 2.15. The van der Waals surface area contributed by atoms with E-state index in [2.05, 4.69) is 36.9 Å². The molecular formula is C16H23NO2. The van der Waals surface area contributed by atoms with Crippen molar-refractivity contribution in [2.45, 2.75) is 45.6 Å². The highest BCUT2D eigenvalue weighted by Gasteiger charge is 2.27. The van der Waals surface area contributed by atoms with Crippen LogP contribution in [0.3, 0.4) is 0 Å². The Hall–Kier alpha value is -1.35. The first kappa shape index (κ1) is 14.1. The van der Waals surface area contributed by atoms with Gasteiger partial charge in [-0.05, 0) is 57.3 Å². The summed E-state index contributed by atoms with van der Waals surface area (Å²) in [5.41, 5.74) is 3.55. The summed E-state index contributed by atoms with van der Waals surface area (Å²) in [4.78, 5) is 13.7. The van der Waals surface area contributed by atoms with E-state index in [9.17, 15) is 9.90 Å². The average Bonchev–Trinajstić information content (AvgIpc) is 2.40. The van der Waals surface area contributed by atoms with Crippen LogP contribution in [0.1, 0.15) is 36.0 Å². The maximum atomic E-state index is 11.6. The molecule has 104 valence electrons. The summed E-state index contributed by atoms with van der Waals surface area (Å²) in [7, 11) is 0. The van der Waals surface area contributed by atoms with Gasteiger partial charge in [-0.25, -0.2) is 0 Å². The topological polar surface area (TPSA) is 40.5 Å². The van der Waals surface area contributed by atoms with E-state index in [0.29, 0.717) is 6.42 Å². The van der Waals surface area contributed by atoms with Gasteiger partial charge in [-0.2, -0.15) is 0 Å². The summed E-state index contributed by atoms with van der Waals surface area (Å²) in [5.74, 6) is -0.692. The van der Waals surface area contributed by atoms with Crippen LogP contribution in [0.2, 0.25) is 0 Å². The van der Waals surface area contributed by atoms with Gasteiger partial charge in [0.1, 0.15) is 6.04 Å². The van der Waals surface area contributed by atoms with Gasteiger partial charge in [0.15, 0.2) is 0 Å². The second-order valence-corrected chi connectivity index (χ2v) is 5.58. The molecule has 0 saturated carbocycles. The van der Waals surface area contributed by atoms with Crippen LogP contribution >= 0.6 is 0 Å². The number of benzene rings is 1.